The van der Waals surface area contributed by atoms with Crippen LogP contribution in [0.5, 0.6) is 0 Å². The van der Waals surface area contributed by atoms with E-state index >= 15 is 0 Å². The Hall–Kier alpha value is 0.390. The van der Waals surface area contributed by atoms with Crippen molar-refractivity contribution < 1.29 is 4.89 Å². The molecule has 17 heavy (non-hydrogen) atoms. The lowest BCUT2D eigenvalue weighted by Crippen LogP contribution is -1.83. The smallest absolute Gasteiger partial charge is 0.0107 e. The van der Waals surface area contributed by atoms with Gasteiger partial charge in [-0.1, -0.05) is 84.0 Å². The molecule has 0 amide bonds. The molecule has 2 heteroatoms. The maximum atomic E-state index is 8.67. The van der Waals surface area contributed by atoms with Gasteiger partial charge in [0.25, 0.3) is 0 Å². The summed E-state index contributed by atoms with van der Waals surface area (Å²) in [5.41, 5.74) is 0. The van der Waals surface area contributed by atoms with Gasteiger partial charge in [0.2, 0.25) is 0 Å². The van der Waals surface area contributed by atoms with Crippen molar-refractivity contribution >= 4 is 8.81 Å². The van der Waals surface area contributed by atoms with Crippen molar-refractivity contribution in [1.29, 1.82) is 0 Å². The van der Waals surface area contributed by atoms with Crippen LogP contribution in [0.2, 0.25) is 0 Å². The van der Waals surface area contributed by atoms with Crippen LogP contribution in [-0.4, -0.2) is 11.1 Å². The fourth-order valence-electron chi connectivity index (χ4n) is 2.22. The Balaban J connectivity index is 2.85. The molecule has 104 valence electrons. The second kappa shape index (κ2) is 16.4. The van der Waals surface area contributed by atoms with E-state index in [-0.39, 0.29) is 8.81 Å². The lowest BCUT2D eigenvalue weighted by Gasteiger charge is -2.02. The normalized spacial score (nSPS) is 11.6. The summed E-state index contributed by atoms with van der Waals surface area (Å²) in [7, 11) is 0.169. The van der Waals surface area contributed by atoms with Crippen LogP contribution in [0.4, 0.5) is 0 Å². The summed E-state index contributed by atoms with van der Waals surface area (Å²) >= 11 is 0. The van der Waals surface area contributed by atoms with Gasteiger partial charge in [0, 0.05) is 8.81 Å². The Kier molecular flexibility index (Phi) is 16.8. The van der Waals surface area contributed by atoms with E-state index in [4.69, 9.17) is 4.89 Å². The Morgan fingerprint density at radius 1 is 0.588 bits per heavy atom. The third-order valence-electron chi connectivity index (χ3n) is 3.39. The molecular weight excluding hydrogens is 227 g/mol. The van der Waals surface area contributed by atoms with E-state index in [9.17, 15) is 0 Å². The van der Waals surface area contributed by atoms with Gasteiger partial charge >= 0.3 is 0 Å². The van der Waals surface area contributed by atoms with Gasteiger partial charge in [0.15, 0.2) is 0 Å². The lowest BCUT2D eigenvalue weighted by atomic mass is 10.1. The molecule has 0 saturated heterocycles. The molecule has 0 aliphatic rings. The summed E-state index contributed by atoms with van der Waals surface area (Å²) in [6, 6.07) is 0. The van der Waals surface area contributed by atoms with Gasteiger partial charge in [0.1, 0.15) is 0 Å². The first-order valence-corrected chi connectivity index (χ1v) is 8.94. The molecule has 1 nitrogen and oxygen atoms in total. The average molecular weight is 260 g/mol. The number of hydrogen-bond acceptors (Lipinski definition) is 1. The van der Waals surface area contributed by atoms with E-state index in [1.165, 1.54) is 83.5 Å². The Bertz CT molecular complexity index is 114. The fourth-order valence-corrected chi connectivity index (χ4v) is 2.63. The largest absolute Gasteiger partial charge is 0.377 e. The van der Waals surface area contributed by atoms with Gasteiger partial charge in [-0.25, -0.2) is 0 Å². The van der Waals surface area contributed by atoms with Crippen LogP contribution in [0.3, 0.4) is 0 Å². The molecular formula is C15H33OP. The second-order valence-corrected chi connectivity index (χ2v) is 5.97. The quantitative estimate of drug-likeness (QED) is 0.315. The van der Waals surface area contributed by atoms with Gasteiger partial charge < -0.3 is 4.89 Å². The van der Waals surface area contributed by atoms with Crippen LogP contribution in [0.15, 0.2) is 0 Å². The van der Waals surface area contributed by atoms with Gasteiger partial charge in [-0.3, -0.25) is 0 Å². The highest BCUT2D eigenvalue weighted by atomic mass is 31.1. The molecule has 0 aromatic carbocycles. The molecule has 0 aliphatic carbocycles. The highest BCUT2D eigenvalue weighted by Gasteiger charge is 1.93. The Morgan fingerprint density at radius 2 is 0.941 bits per heavy atom. The molecule has 0 aromatic heterocycles. The predicted molar refractivity (Wildman–Crippen MR) is 81.1 cm³/mol. The van der Waals surface area contributed by atoms with Crippen molar-refractivity contribution in [2.75, 3.05) is 6.16 Å². The molecule has 1 atom stereocenters. The summed E-state index contributed by atoms with van der Waals surface area (Å²) in [5, 5.41) is 0. The topological polar surface area (TPSA) is 20.2 Å². The van der Waals surface area contributed by atoms with Crippen LogP contribution in [0.1, 0.15) is 90.4 Å². The van der Waals surface area contributed by atoms with Gasteiger partial charge in [-0.05, 0) is 12.6 Å². The third kappa shape index (κ3) is 16.4. The maximum Gasteiger partial charge on any atom is 0.0107 e. The first-order chi connectivity index (χ1) is 8.41. The Labute approximate surface area is 111 Å². The van der Waals surface area contributed by atoms with Gasteiger partial charge in [0.05, 0.1) is 0 Å². The fraction of sp³-hybridized carbons (Fsp3) is 1.00. The lowest BCUT2D eigenvalue weighted by molar-refractivity contribution is 0.542. The van der Waals surface area contributed by atoms with Gasteiger partial charge in [-0.2, -0.15) is 0 Å². The molecule has 0 heterocycles. The van der Waals surface area contributed by atoms with Crippen molar-refractivity contribution in [3.63, 3.8) is 0 Å². The summed E-state index contributed by atoms with van der Waals surface area (Å²) < 4.78 is 0. The Morgan fingerprint density at radius 3 is 1.29 bits per heavy atom. The highest BCUT2D eigenvalue weighted by Crippen LogP contribution is 2.13. The molecule has 0 aromatic rings. The number of rotatable bonds is 14. The monoisotopic (exact) mass is 260 g/mol. The molecule has 0 fully saturated rings. The number of hydrogen-bond donors (Lipinski definition) is 1. The van der Waals surface area contributed by atoms with Crippen LogP contribution in [-0.2, 0) is 0 Å². The molecule has 0 rings (SSSR count). The first-order valence-electron chi connectivity index (χ1n) is 7.78. The molecule has 0 radical (unpaired) electrons. The summed E-state index contributed by atoms with van der Waals surface area (Å²) in [5.74, 6) is 0. The van der Waals surface area contributed by atoms with E-state index in [0.717, 1.165) is 6.16 Å². The average Bonchev–Trinajstić information content (AvgIpc) is 2.35. The maximum absolute atomic E-state index is 8.67. The third-order valence-corrected chi connectivity index (χ3v) is 3.97. The van der Waals surface area contributed by atoms with Crippen molar-refractivity contribution in [2.24, 2.45) is 0 Å². The van der Waals surface area contributed by atoms with E-state index in [1.807, 2.05) is 0 Å². The van der Waals surface area contributed by atoms with Crippen molar-refractivity contribution in [1.82, 2.24) is 0 Å². The van der Waals surface area contributed by atoms with E-state index in [2.05, 4.69) is 6.92 Å². The number of unbranched alkanes of at least 4 members (excludes halogenated alkanes) is 12. The first kappa shape index (κ1) is 17.4. The molecule has 0 spiro atoms. The van der Waals surface area contributed by atoms with E-state index in [1.54, 1.807) is 0 Å². The van der Waals surface area contributed by atoms with Crippen LogP contribution in [0, 0.1) is 0 Å². The zero-order valence-corrected chi connectivity index (χ0v) is 12.8. The van der Waals surface area contributed by atoms with Crippen molar-refractivity contribution in [3.8, 4) is 0 Å². The second-order valence-electron chi connectivity index (χ2n) is 5.15. The van der Waals surface area contributed by atoms with Crippen molar-refractivity contribution in [2.45, 2.75) is 90.4 Å². The van der Waals surface area contributed by atoms with Crippen molar-refractivity contribution in [3.05, 3.63) is 0 Å². The van der Waals surface area contributed by atoms with E-state index in [0.29, 0.717) is 0 Å². The van der Waals surface area contributed by atoms with E-state index < -0.39 is 0 Å². The van der Waals surface area contributed by atoms with Crippen LogP contribution >= 0.6 is 8.81 Å². The zero-order chi connectivity index (χ0) is 12.6. The van der Waals surface area contributed by atoms with Gasteiger partial charge in [-0.15, -0.1) is 0 Å². The van der Waals surface area contributed by atoms with Crippen LogP contribution < -0.4 is 0 Å². The predicted octanol–water partition coefficient (Wildman–Crippen LogP) is 5.66. The summed E-state index contributed by atoms with van der Waals surface area (Å²) in [6.07, 6.45) is 19.3. The minimum absolute atomic E-state index is 0.169. The zero-order valence-electron chi connectivity index (χ0n) is 11.8. The standard InChI is InChI=1S/C15H33OP/c1-2-3-4-5-6-7-8-9-10-11-12-13-14-15-17-16/h16-17H,2-15H2,1H3. The minimum atomic E-state index is 0.169. The molecule has 1 N–H and O–H groups in total. The summed E-state index contributed by atoms with van der Waals surface area (Å²) in [4.78, 5) is 8.67. The molecule has 1 unspecified atom stereocenters. The summed E-state index contributed by atoms with van der Waals surface area (Å²) in [6.45, 7) is 2.28. The van der Waals surface area contributed by atoms with Crippen LogP contribution in [0.25, 0.3) is 0 Å². The molecule has 0 aliphatic heterocycles. The molecule has 0 bridgehead atoms. The molecule has 0 saturated carbocycles. The SMILES string of the molecule is CCCCCCCCCCCCCCCPO. The highest BCUT2D eigenvalue weighted by molar-refractivity contribution is 7.31. The minimum Gasteiger partial charge on any atom is -0.377 e.